The number of rotatable bonds is 20. The van der Waals surface area contributed by atoms with Crippen LogP contribution in [0.25, 0.3) is 0 Å². The van der Waals surface area contributed by atoms with Gasteiger partial charge in [-0.15, -0.1) is 0 Å². The Morgan fingerprint density at radius 3 is 1.67 bits per heavy atom. The van der Waals surface area contributed by atoms with Crippen LogP contribution in [0, 0.1) is 0 Å². The summed E-state index contributed by atoms with van der Waals surface area (Å²) in [5.41, 5.74) is 0. The Hall–Kier alpha value is -0.433. The van der Waals surface area contributed by atoms with E-state index in [9.17, 15) is 4.79 Å². The molecule has 0 aliphatic rings. The normalized spacial score (nSPS) is 11.7. The molecule has 0 aromatic heterocycles. The minimum Gasteiger partial charge on any atom is -0.374 e. The van der Waals surface area contributed by atoms with Crippen LogP contribution in [0.5, 0.6) is 0 Å². The molecule has 0 saturated carbocycles. The molecular formula is C21H45NO4Si. The third kappa shape index (κ3) is 15.2. The molecule has 27 heavy (non-hydrogen) atoms. The number of carbonyl (C=O) groups is 1. The lowest BCUT2D eigenvalue weighted by Crippen LogP contribution is -2.46. The fourth-order valence-corrected chi connectivity index (χ4v) is 5.83. The van der Waals surface area contributed by atoms with E-state index in [2.05, 4.69) is 12.2 Å². The van der Waals surface area contributed by atoms with Crippen LogP contribution in [-0.4, -0.2) is 41.1 Å². The molecule has 0 spiro atoms. The van der Waals surface area contributed by atoms with Crippen molar-refractivity contribution >= 4 is 14.7 Å². The van der Waals surface area contributed by atoms with Crippen LogP contribution in [-0.2, 0) is 18.1 Å². The van der Waals surface area contributed by atoms with Gasteiger partial charge in [-0.1, -0.05) is 58.3 Å². The van der Waals surface area contributed by atoms with Gasteiger partial charge in [0, 0.05) is 38.8 Å². The SMILES string of the molecule is CCCCCCCCCCCC(=O)NCCC[Si](OCC)(OCC)OCC. The summed E-state index contributed by atoms with van der Waals surface area (Å²) in [5, 5.41) is 3.02. The van der Waals surface area contributed by atoms with Crippen LogP contribution in [0.15, 0.2) is 0 Å². The van der Waals surface area contributed by atoms with Gasteiger partial charge in [-0.05, 0) is 33.6 Å². The largest absolute Gasteiger partial charge is 0.500 e. The first-order chi connectivity index (χ1) is 13.1. The Morgan fingerprint density at radius 2 is 1.19 bits per heavy atom. The van der Waals surface area contributed by atoms with Crippen molar-refractivity contribution in [2.75, 3.05) is 26.4 Å². The van der Waals surface area contributed by atoms with Crippen LogP contribution < -0.4 is 5.32 Å². The number of amides is 1. The second kappa shape index (κ2) is 18.9. The second-order valence-corrected chi connectivity index (χ2v) is 9.75. The van der Waals surface area contributed by atoms with Crippen molar-refractivity contribution in [3.05, 3.63) is 0 Å². The maximum absolute atomic E-state index is 12.0. The van der Waals surface area contributed by atoms with Gasteiger partial charge < -0.3 is 18.6 Å². The Bertz CT molecular complexity index is 325. The molecule has 0 atom stereocenters. The molecule has 6 heteroatoms. The molecule has 0 radical (unpaired) electrons. The van der Waals surface area contributed by atoms with Crippen molar-refractivity contribution in [2.45, 2.75) is 104 Å². The van der Waals surface area contributed by atoms with Gasteiger partial charge in [-0.3, -0.25) is 4.79 Å². The summed E-state index contributed by atoms with van der Waals surface area (Å²) in [6, 6.07) is 0.751. The average molecular weight is 404 g/mol. The van der Waals surface area contributed by atoms with Crippen molar-refractivity contribution in [2.24, 2.45) is 0 Å². The molecule has 0 aromatic rings. The summed E-state index contributed by atoms with van der Waals surface area (Å²) in [7, 11) is -2.57. The molecule has 162 valence electrons. The fraction of sp³-hybridized carbons (Fsp3) is 0.952. The molecule has 0 heterocycles. The Kier molecular flexibility index (Phi) is 18.6. The smallest absolute Gasteiger partial charge is 0.374 e. The summed E-state index contributed by atoms with van der Waals surface area (Å²) in [5.74, 6) is 0.162. The van der Waals surface area contributed by atoms with Crippen LogP contribution in [0.1, 0.15) is 98.3 Å². The summed E-state index contributed by atoms with van der Waals surface area (Å²) < 4.78 is 17.5. The molecule has 0 unspecified atom stereocenters. The van der Waals surface area contributed by atoms with E-state index in [-0.39, 0.29) is 5.91 Å². The molecule has 0 saturated heterocycles. The molecule has 0 rings (SSSR count). The molecule has 5 nitrogen and oxygen atoms in total. The Morgan fingerprint density at radius 1 is 0.704 bits per heavy atom. The molecule has 0 aliphatic heterocycles. The van der Waals surface area contributed by atoms with Gasteiger partial charge in [0.25, 0.3) is 0 Å². The van der Waals surface area contributed by atoms with Crippen molar-refractivity contribution in [1.29, 1.82) is 0 Å². The van der Waals surface area contributed by atoms with E-state index in [1.807, 2.05) is 20.8 Å². The van der Waals surface area contributed by atoms with E-state index in [1.165, 1.54) is 44.9 Å². The van der Waals surface area contributed by atoms with Crippen LogP contribution >= 0.6 is 0 Å². The summed E-state index contributed by atoms with van der Waals surface area (Å²) in [6.07, 6.45) is 12.9. The monoisotopic (exact) mass is 403 g/mol. The highest BCUT2D eigenvalue weighted by Gasteiger charge is 2.39. The lowest BCUT2D eigenvalue weighted by molar-refractivity contribution is -0.121. The van der Waals surface area contributed by atoms with E-state index in [0.29, 0.717) is 32.8 Å². The van der Waals surface area contributed by atoms with Crippen LogP contribution in [0.3, 0.4) is 0 Å². The predicted molar refractivity (Wildman–Crippen MR) is 115 cm³/mol. The first kappa shape index (κ1) is 26.6. The van der Waals surface area contributed by atoms with E-state index in [0.717, 1.165) is 25.3 Å². The van der Waals surface area contributed by atoms with E-state index < -0.39 is 8.80 Å². The highest BCUT2D eigenvalue weighted by Crippen LogP contribution is 2.18. The highest BCUT2D eigenvalue weighted by atomic mass is 28.4. The first-order valence-corrected chi connectivity index (χ1v) is 13.3. The van der Waals surface area contributed by atoms with Gasteiger partial charge >= 0.3 is 8.80 Å². The van der Waals surface area contributed by atoms with Gasteiger partial charge in [-0.2, -0.15) is 0 Å². The van der Waals surface area contributed by atoms with Gasteiger partial charge in [0.05, 0.1) is 0 Å². The topological polar surface area (TPSA) is 56.8 Å². The Labute approximate surface area is 169 Å². The van der Waals surface area contributed by atoms with E-state index >= 15 is 0 Å². The minimum absolute atomic E-state index is 0.162. The van der Waals surface area contributed by atoms with Crippen molar-refractivity contribution in [1.82, 2.24) is 5.32 Å². The van der Waals surface area contributed by atoms with Crippen LogP contribution in [0.4, 0.5) is 0 Å². The zero-order valence-corrected chi connectivity index (χ0v) is 19.4. The summed E-state index contributed by atoms with van der Waals surface area (Å²) in [4.78, 5) is 12.0. The molecule has 0 bridgehead atoms. The molecular weight excluding hydrogens is 358 g/mol. The summed E-state index contributed by atoms with van der Waals surface area (Å²) in [6.45, 7) is 10.6. The van der Waals surface area contributed by atoms with E-state index in [4.69, 9.17) is 13.3 Å². The third-order valence-corrected chi connectivity index (χ3v) is 7.73. The first-order valence-electron chi connectivity index (χ1n) is 11.3. The summed E-state index contributed by atoms with van der Waals surface area (Å²) >= 11 is 0. The lowest BCUT2D eigenvalue weighted by Gasteiger charge is -2.28. The molecule has 0 aromatic carbocycles. The van der Waals surface area contributed by atoms with E-state index in [1.54, 1.807) is 0 Å². The average Bonchev–Trinajstić information content (AvgIpc) is 2.64. The number of carbonyl (C=O) groups excluding carboxylic acids is 1. The Balaban J connectivity index is 3.74. The quantitative estimate of drug-likeness (QED) is 0.216. The molecule has 0 fully saturated rings. The standard InChI is InChI=1S/C21H45NO4Si/c1-5-9-10-11-12-13-14-15-16-18-21(23)22-19-17-20-27(24-6-2,25-7-3)26-8-4/h5-20H2,1-4H3,(H,22,23). The maximum Gasteiger partial charge on any atom is 0.500 e. The number of unbranched alkanes of at least 4 members (excludes halogenated alkanes) is 8. The minimum atomic E-state index is -2.57. The van der Waals surface area contributed by atoms with Crippen molar-refractivity contribution in [3.63, 3.8) is 0 Å². The van der Waals surface area contributed by atoms with Crippen molar-refractivity contribution in [3.8, 4) is 0 Å². The van der Waals surface area contributed by atoms with Crippen molar-refractivity contribution < 1.29 is 18.1 Å². The van der Waals surface area contributed by atoms with Gasteiger partial charge in [-0.25, -0.2) is 0 Å². The third-order valence-electron chi connectivity index (χ3n) is 4.58. The van der Waals surface area contributed by atoms with Gasteiger partial charge in [0.1, 0.15) is 0 Å². The van der Waals surface area contributed by atoms with Crippen LogP contribution in [0.2, 0.25) is 6.04 Å². The predicted octanol–water partition coefficient (Wildman–Crippen LogP) is 5.46. The fourth-order valence-electron chi connectivity index (χ4n) is 3.22. The zero-order valence-electron chi connectivity index (χ0n) is 18.4. The zero-order chi connectivity index (χ0) is 20.2. The lowest BCUT2D eigenvalue weighted by atomic mass is 10.1. The number of hydrogen-bond donors (Lipinski definition) is 1. The van der Waals surface area contributed by atoms with Gasteiger partial charge in [0.15, 0.2) is 0 Å². The molecule has 1 amide bonds. The molecule has 1 N–H and O–H groups in total. The number of nitrogens with one attached hydrogen (secondary N) is 1. The second-order valence-electron chi connectivity index (χ2n) is 7.01. The number of hydrogen-bond acceptors (Lipinski definition) is 4. The maximum atomic E-state index is 12.0. The highest BCUT2D eigenvalue weighted by molar-refractivity contribution is 6.60. The molecule has 0 aliphatic carbocycles. The van der Waals surface area contributed by atoms with Gasteiger partial charge in [0.2, 0.25) is 5.91 Å².